The average molecular weight is 899 g/mol. The molecule has 4 amide bonds. The van der Waals surface area contributed by atoms with E-state index in [1.807, 2.05) is 18.2 Å². The number of nitrogens with one attached hydrogen (secondary N) is 4. The molecule has 2 saturated heterocycles. The van der Waals surface area contributed by atoms with E-state index < -0.39 is 30.3 Å². The van der Waals surface area contributed by atoms with E-state index in [0.29, 0.717) is 71.1 Å². The van der Waals surface area contributed by atoms with E-state index in [-0.39, 0.29) is 31.1 Å². The van der Waals surface area contributed by atoms with Gasteiger partial charge in [0.15, 0.2) is 0 Å². The number of amides is 4. The van der Waals surface area contributed by atoms with Gasteiger partial charge in [-0.2, -0.15) is 0 Å². The summed E-state index contributed by atoms with van der Waals surface area (Å²) in [7, 11) is 2.50. The number of hydrogen-bond donors (Lipinski definition) is 4. The fraction of sp³-hybridized carbons (Fsp3) is 0.304. The minimum atomic E-state index is -1.01. The predicted molar refractivity (Wildman–Crippen MR) is 233 cm³/mol. The molecule has 8 heterocycles. The highest BCUT2D eigenvalue weighted by Crippen LogP contribution is 2.51. The van der Waals surface area contributed by atoms with Crippen LogP contribution < -0.4 is 20.1 Å². The summed E-state index contributed by atoms with van der Waals surface area (Å²) in [4.78, 5) is 80.8. The van der Waals surface area contributed by atoms with E-state index in [4.69, 9.17) is 40.5 Å². The maximum absolute atomic E-state index is 14.1. The quantitative estimate of drug-likeness (QED) is 0.111. The van der Waals surface area contributed by atoms with Crippen molar-refractivity contribution in [3.8, 4) is 45.1 Å². The molecule has 10 rings (SSSR count). The van der Waals surface area contributed by atoms with Gasteiger partial charge in [-0.3, -0.25) is 19.6 Å². The molecule has 4 N–H and O–H groups in total. The second kappa shape index (κ2) is 17.2. The molecule has 2 fully saturated rings. The van der Waals surface area contributed by atoms with E-state index >= 15 is 0 Å². The van der Waals surface area contributed by atoms with Crippen LogP contribution in [-0.4, -0.2) is 91.0 Å². The number of alkyl carbamates (subject to hydrolysis) is 2. The van der Waals surface area contributed by atoms with Gasteiger partial charge in [0.25, 0.3) is 11.8 Å². The molecule has 2 aromatic carbocycles. The highest BCUT2D eigenvalue weighted by Gasteiger charge is 2.40. The maximum atomic E-state index is 14.1. The predicted octanol–water partition coefficient (Wildman–Crippen LogP) is 6.88. The SMILES string of the molecule is COC(=O)NC(C(=O)N1CCC[C@H]1c1ncc(-c2cc3c4c(c2)OCc2cc(-c5nc([C@@H]6CCCN6C(=O)[C@H](NC(=O)OC)c6cccnc6)[nH]c5Cl)cc(c2-4)OC3)[nH]1)c1cccnc1. The Hall–Kier alpha value is -7.47. The minimum Gasteiger partial charge on any atom is -0.488 e. The molecule has 1 unspecified atom stereocenters. The molecule has 6 aromatic rings. The van der Waals surface area contributed by atoms with Gasteiger partial charge in [-0.05, 0) is 62.1 Å². The topological polar surface area (TPSA) is 219 Å². The van der Waals surface area contributed by atoms with Crippen LogP contribution in [0.4, 0.5) is 9.59 Å². The summed E-state index contributed by atoms with van der Waals surface area (Å²) in [5, 5.41) is 5.65. The number of H-pyrrole nitrogens is 2. The molecule has 332 valence electrons. The molecule has 0 bridgehead atoms. The largest absolute Gasteiger partial charge is 0.488 e. The number of likely N-dealkylation sites (tertiary alicyclic amines) is 2. The second-order valence-corrected chi connectivity index (χ2v) is 16.5. The number of aromatic amines is 2. The number of carbonyl (C=O) groups excluding carboxylic acids is 4. The molecule has 4 aliphatic rings. The van der Waals surface area contributed by atoms with Gasteiger partial charge >= 0.3 is 12.2 Å². The lowest BCUT2D eigenvalue weighted by molar-refractivity contribution is -0.135. The van der Waals surface area contributed by atoms with Crippen molar-refractivity contribution in [1.82, 2.24) is 50.3 Å². The van der Waals surface area contributed by atoms with E-state index in [0.717, 1.165) is 51.9 Å². The van der Waals surface area contributed by atoms with Gasteiger partial charge in [-0.15, -0.1) is 0 Å². The number of nitrogens with zero attached hydrogens (tertiary/aromatic N) is 6. The Labute approximate surface area is 377 Å². The number of imidazole rings is 2. The molecule has 4 atom stereocenters. The molecule has 19 heteroatoms. The smallest absolute Gasteiger partial charge is 0.407 e. The lowest BCUT2D eigenvalue weighted by Crippen LogP contribution is -2.43. The van der Waals surface area contributed by atoms with E-state index in [2.05, 4.69) is 36.6 Å². The monoisotopic (exact) mass is 898 g/mol. The number of ether oxygens (including phenoxy) is 4. The number of halogens is 1. The van der Waals surface area contributed by atoms with Crippen LogP contribution in [0.15, 0.2) is 79.5 Å². The Kier molecular flexibility index (Phi) is 11.0. The van der Waals surface area contributed by atoms with Crippen LogP contribution in [0.25, 0.3) is 33.6 Å². The number of rotatable bonds is 10. The summed E-state index contributed by atoms with van der Waals surface area (Å²) in [5.41, 5.74) is 7.66. The first-order valence-corrected chi connectivity index (χ1v) is 21.6. The Morgan fingerprint density at radius 3 is 1.82 bits per heavy atom. The number of carbonyl (C=O) groups is 4. The fourth-order valence-corrected chi connectivity index (χ4v) is 9.58. The number of aromatic nitrogens is 6. The Bertz CT molecular complexity index is 2770. The van der Waals surface area contributed by atoms with Gasteiger partial charge in [0.05, 0.1) is 38.2 Å². The van der Waals surface area contributed by atoms with Gasteiger partial charge in [0, 0.05) is 82.4 Å². The first kappa shape index (κ1) is 41.5. The van der Waals surface area contributed by atoms with Crippen molar-refractivity contribution in [2.45, 2.75) is 63.1 Å². The zero-order valence-electron chi connectivity index (χ0n) is 35.3. The van der Waals surface area contributed by atoms with Crippen LogP contribution in [0.3, 0.4) is 0 Å². The van der Waals surface area contributed by atoms with Crippen molar-refractivity contribution in [3.63, 3.8) is 0 Å². The molecule has 0 saturated carbocycles. The third-order valence-electron chi connectivity index (χ3n) is 12.4. The molecule has 4 aromatic heterocycles. The number of hydrogen-bond acceptors (Lipinski definition) is 12. The summed E-state index contributed by atoms with van der Waals surface area (Å²) >= 11 is 6.88. The van der Waals surface area contributed by atoms with Gasteiger partial charge in [0.1, 0.15) is 59.3 Å². The van der Waals surface area contributed by atoms with Crippen molar-refractivity contribution in [2.75, 3.05) is 27.3 Å². The number of pyridine rings is 2. The lowest BCUT2D eigenvalue weighted by atomic mass is 9.87. The Morgan fingerprint density at radius 1 is 0.738 bits per heavy atom. The number of methoxy groups -OCH3 is 2. The van der Waals surface area contributed by atoms with Crippen molar-refractivity contribution in [1.29, 1.82) is 0 Å². The second-order valence-electron chi connectivity index (χ2n) is 16.2. The molecule has 0 aliphatic carbocycles. The molecule has 65 heavy (non-hydrogen) atoms. The Morgan fingerprint density at radius 2 is 1.28 bits per heavy atom. The van der Waals surface area contributed by atoms with E-state index in [1.165, 1.54) is 14.2 Å². The van der Waals surface area contributed by atoms with Crippen LogP contribution in [-0.2, 0) is 32.3 Å². The fourth-order valence-electron chi connectivity index (χ4n) is 9.33. The molecular formula is C46H43ClN10O8. The first-order chi connectivity index (χ1) is 31.7. The zero-order chi connectivity index (χ0) is 44.8. The summed E-state index contributed by atoms with van der Waals surface area (Å²) in [6, 6.07) is 12.1. The van der Waals surface area contributed by atoms with Crippen LogP contribution in [0.1, 0.15) is 83.8 Å². The van der Waals surface area contributed by atoms with Crippen molar-refractivity contribution in [2.24, 2.45) is 0 Å². The number of benzene rings is 2. The van der Waals surface area contributed by atoms with Crippen LogP contribution >= 0.6 is 11.6 Å². The van der Waals surface area contributed by atoms with Crippen molar-refractivity contribution < 1.29 is 38.1 Å². The lowest BCUT2D eigenvalue weighted by Gasteiger charge is -2.30. The third kappa shape index (κ3) is 7.72. The zero-order valence-corrected chi connectivity index (χ0v) is 36.1. The first-order valence-electron chi connectivity index (χ1n) is 21.2. The normalized spacial score (nSPS) is 17.9. The molecule has 18 nitrogen and oxygen atoms in total. The molecule has 0 radical (unpaired) electrons. The van der Waals surface area contributed by atoms with Crippen molar-refractivity contribution >= 4 is 35.6 Å². The Balaban J connectivity index is 0.892. The van der Waals surface area contributed by atoms with Crippen LogP contribution in [0, 0.1) is 0 Å². The van der Waals surface area contributed by atoms with Crippen molar-refractivity contribution in [3.05, 3.63) is 119 Å². The maximum Gasteiger partial charge on any atom is 0.407 e. The molecule has 0 spiro atoms. The average Bonchev–Trinajstić information content (AvgIpc) is 4.19. The minimum absolute atomic E-state index is 0.267. The molecular weight excluding hydrogens is 856 g/mol. The highest BCUT2D eigenvalue weighted by molar-refractivity contribution is 6.32. The standard InChI is InChI=1S/C46H43ClN10O8/c1-62-45(60)53-38(24-7-3-11-48-19-24)43(58)56-13-5-9-31(56)41-50-21-30(51-41)26-15-28-22-65-34-18-27(16-29-23-64-33(17-26)35(28)36(29)34)37-40(47)55-42(52-37)32-10-6-14-57(32)44(59)39(54-46(61)63-2)25-8-4-12-49-20-25/h3-4,7-8,11-12,15-21,31-32,38-39H,5-6,9-10,13-14,22-23H2,1-2H3,(H,50,51)(H,52,55)(H,53,60)(H,54,61)/t31-,32-,38?,39+/m0/s1. The van der Waals surface area contributed by atoms with Gasteiger partial charge in [-0.25, -0.2) is 19.6 Å². The highest BCUT2D eigenvalue weighted by atomic mass is 35.5. The summed E-state index contributed by atoms with van der Waals surface area (Å²) < 4.78 is 22.6. The molecule has 4 aliphatic heterocycles. The summed E-state index contributed by atoms with van der Waals surface area (Å²) in [6.07, 6.45) is 9.44. The van der Waals surface area contributed by atoms with Crippen LogP contribution in [0.5, 0.6) is 11.5 Å². The van der Waals surface area contributed by atoms with E-state index in [1.54, 1.807) is 65.0 Å². The van der Waals surface area contributed by atoms with Gasteiger partial charge in [0.2, 0.25) is 0 Å². The van der Waals surface area contributed by atoms with Crippen LogP contribution in [0.2, 0.25) is 5.15 Å². The summed E-state index contributed by atoms with van der Waals surface area (Å²) in [5.74, 6) is 1.95. The van der Waals surface area contributed by atoms with Gasteiger partial charge < -0.3 is 49.3 Å². The van der Waals surface area contributed by atoms with Gasteiger partial charge in [-0.1, -0.05) is 23.7 Å². The third-order valence-corrected chi connectivity index (χ3v) is 12.6. The summed E-state index contributed by atoms with van der Waals surface area (Å²) in [6.45, 7) is 1.50. The van der Waals surface area contributed by atoms with E-state index in [9.17, 15) is 19.2 Å².